The molecule has 2 aromatic heterocycles. The SMILES string of the molecule is CCc1ncnc(NCCc2ccc(Oc3ncc(Cl)cc3Cl)cc2)c1Cl. The molecule has 0 unspecified atom stereocenters. The topological polar surface area (TPSA) is 59.9 Å². The minimum Gasteiger partial charge on any atom is -0.438 e. The summed E-state index contributed by atoms with van der Waals surface area (Å²) in [6.07, 6.45) is 4.59. The van der Waals surface area contributed by atoms with Gasteiger partial charge < -0.3 is 10.1 Å². The fourth-order valence-corrected chi connectivity index (χ4v) is 3.13. The Balaban J connectivity index is 1.56. The average molecular weight is 424 g/mol. The number of aryl methyl sites for hydroxylation is 1. The van der Waals surface area contributed by atoms with Crippen LogP contribution in [0.3, 0.4) is 0 Å². The Kier molecular flexibility index (Phi) is 6.72. The van der Waals surface area contributed by atoms with Crippen molar-refractivity contribution in [1.82, 2.24) is 15.0 Å². The summed E-state index contributed by atoms with van der Waals surface area (Å²) < 4.78 is 5.68. The summed E-state index contributed by atoms with van der Waals surface area (Å²) in [4.78, 5) is 12.4. The lowest BCUT2D eigenvalue weighted by Gasteiger charge is -2.10. The van der Waals surface area contributed by atoms with Gasteiger partial charge in [0.15, 0.2) is 0 Å². The number of rotatable bonds is 7. The molecule has 0 aliphatic rings. The number of nitrogens with one attached hydrogen (secondary N) is 1. The Morgan fingerprint density at radius 3 is 2.52 bits per heavy atom. The van der Waals surface area contributed by atoms with Crippen LogP contribution >= 0.6 is 34.8 Å². The lowest BCUT2D eigenvalue weighted by molar-refractivity contribution is 0.463. The van der Waals surface area contributed by atoms with Crippen molar-refractivity contribution in [3.05, 3.63) is 69.2 Å². The van der Waals surface area contributed by atoms with E-state index in [2.05, 4.69) is 20.3 Å². The quantitative estimate of drug-likeness (QED) is 0.517. The molecule has 0 amide bonds. The highest BCUT2D eigenvalue weighted by Gasteiger charge is 2.08. The van der Waals surface area contributed by atoms with Gasteiger partial charge >= 0.3 is 0 Å². The Morgan fingerprint density at radius 2 is 1.81 bits per heavy atom. The van der Waals surface area contributed by atoms with Crippen LogP contribution in [0.25, 0.3) is 0 Å². The highest BCUT2D eigenvalue weighted by Crippen LogP contribution is 2.29. The van der Waals surface area contributed by atoms with Crippen LogP contribution in [0.5, 0.6) is 11.6 Å². The molecule has 3 aromatic rings. The number of hydrogen-bond donors (Lipinski definition) is 1. The molecule has 0 bridgehead atoms. The van der Waals surface area contributed by atoms with Gasteiger partial charge in [-0.05, 0) is 36.6 Å². The second-order valence-electron chi connectivity index (χ2n) is 5.70. The van der Waals surface area contributed by atoms with E-state index < -0.39 is 0 Å². The van der Waals surface area contributed by atoms with Gasteiger partial charge in [0.1, 0.15) is 27.9 Å². The maximum absolute atomic E-state index is 6.28. The van der Waals surface area contributed by atoms with Crippen LogP contribution in [0.15, 0.2) is 42.9 Å². The fraction of sp³-hybridized carbons (Fsp3) is 0.211. The van der Waals surface area contributed by atoms with E-state index in [-0.39, 0.29) is 0 Å². The van der Waals surface area contributed by atoms with Crippen LogP contribution in [0.1, 0.15) is 18.2 Å². The predicted octanol–water partition coefficient (Wildman–Crippen LogP) is 5.84. The molecule has 1 N–H and O–H groups in total. The van der Waals surface area contributed by atoms with Crippen molar-refractivity contribution in [2.45, 2.75) is 19.8 Å². The first-order chi connectivity index (χ1) is 13.1. The zero-order valence-electron chi connectivity index (χ0n) is 14.5. The highest BCUT2D eigenvalue weighted by atomic mass is 35.5. The molecule has 0 saturated heterocycles. The molecule has 1 aromatic carbocycles. The number of hydrogen-bond acceptors (Lipinski definition) is 5. The van der Waals surface area contributed by atoms with Crippen LogP contribution in [-0.4, -0.2) is 21.5 Å². The second kappa shape index (κ2) is 9.22. The van der Waals surface area contributed by atoms with Gasteiger partial charge in [-0.25, -0.2) is 15.0 Å². The molecular formula is C19H17Cl3N4O. The molecule has 27 heavy (non-hydrogen) atoms. The maximum atomic E-state index is 6.28. The Morgan fingerprint density at radius 1 is 1.04 bits per heavy atom. The minimum absolute atomic E-state index is 0.320. The first kappa shape index (κ1) is 19.7. The van der Waals surface area contributed by atoms with E-state index in [1.807, 2.05) is 31.2 Å². The monoisotopic (exact) mass is 422 g/mol. The summed E-state index contributed by atoms with van der Waals surface area (Å²) in [6.45, 7) is 2.71. The van der Waals surface area contributed by atoms with Crippen molar-refractivity contribution in [2.75, 3.05) is 11.9 Å². The molecule has 8 heteroatoms. The molecule has 0 saturated carbocycles. The van der Waals surface area contributed by atoms with Crippen molar-refractivity contribution < 1.29 is 4.74 Å². The van der Waals surface area contributed by atoms with Gasteiger partial charge in [0, 0.05) is 12.7 Å². The number of nitrogens with zero attached hydrogens (tertiary/aromatic N) is 3. The van der Waals surface area contributed by atoms with Gasteiger partial charge in [0.05, 0.1) is 10.7 Å². The highest BCUT2D eigenvalue weighted by molar-refractivity contribution is 6.35. The second-order valence-corrected chi connectivity index (χ2v) is 6.92. The van der Waals surface area contributed by atoms with E-state index in [1.54, 1.807) is 6.07 Å². The van der Waals surface area contributed by atoms with Gasteiger partial charge in [0.2, 0.25) is 5.88 Å². The zero-order chi connectivity index (χ0) is 19.2. The van der Waals surface area contributed by atoms with Gasteiger partial charge in [-0.2, -0.15) is 0 Å². The first-order valence-electron chi connectivity index (χ1n) is 8.38. The first-order valence-corrected chi connectivity index (χ1v) is 9.51. The van der Waals surface area contributed by atoms with E-state index in [0.717, 1.165) is 24.1 Å². The van der Waals surface area contributed by atoms with E-state index in [4.69, 9.17) is 39.5 Å². The molecular weight excluding hydrogens is 407 g/mol. The van der Waals surface area contributed by atoms with Gasteiger partial charge in [0.25, 0.3) is 0 Å². The number of anilines is 1. The summed E-state index contributed by atoms with van der Waals surface area (Å²) in [5.41, 5.74) is 1.98. The smallest absolute Gasteiger partial charge is 0.238 e. The Hall–Kier alpha value is -2.08. The molecule has 5 nitrogen and oxygen atoms in total. The van der Waals surface area contributed by atoms with Crippen LogP contribution < -0.4 is 10.1 Å². The van der Waals surface area contributed by atoms with Crippen molar-refractivity contribution in [2.24, 2.45) is 0 Å². The summed E-state index contributed by atoms with van der Waals surface area (Å²) in [7, 11) is 0. The molecule has 0 fully saturated rings. The van der Waals surface area contributed by atoms with Gasteiger partial charge in [-0.3, -0.25) is 0 Å². The third kappa shape index (κ3) is 5.22. The third-order valence-electron chi connectivity index (χ3n) is 3.81. The number of halogens is 3. The summed E-state index contributed by atoms with van der Waals surface area (Å²) in [5, 5.41) is 4.66. The molecule has 3 rings (SSSR count). The van der Waals surface area contributed by atoms with Crippen molar-refractivity contribution in [3.8, 4) is 11.6 Å². The molecule has 0 aliphatic heterocycles. The number of pyridine rings is 1. The van der Waals surface area contributed by atoms with E-state index in [0.29, 0.717) is 39.1 Å². The van der Waals surface area contributed by atoms with E-state index in [9.17, 15) is 0 Å². The van der Waals surface area contributed by atoms with Crippen LogP contribution in [0, 0.1) is 0 Å². The van der Waals surface area contributed by atoms with Crippen LogP contribution in [0.4, 0.5) is 5.82 Å². The third-order valence-corrected chi connectivity index (χ3v) is 4.69. The van der Waals surface area contributed by atoms with Crippen LogP contribution in [0.2, 0.25) is 15.1 Å². The Labute approximate surface area is 172 Å². The maximum Gasteiger partial charge on any atom is 0.238 e. The zero-order valence-corrected chi connectivity index (χ0v) is 16.8. The van der Waals surface area contributed by atoms with E-state index >= 15 is 0 Å². The average Bonchev–Trinajstić information content (AvgIpc) is 2.67. The van der Waals surface area contributed by atoms with E-state index in [1.165, 1.54) is 12.5 Å². The lowest BCUT2D eigenvalue weighted by atomic mass is 10.1. The number of benzene rings is 1. The van der Waals surface area contributed by atoms with Gasteiger partial charge in [-0.15, -0.1) is 0 Å². The summed E-state index contributed by atoms with van der Waals surface area (Å²) >= 11 is 18.2. The number of ether oxygens (including phenoxy) is 1. The minimum atomic E-state index is 0.320. The lowest BCUT2D eigenvalue weighted by Crippen LogP contribution is -2.08. The van der Waals surface area contributed by atoms with Crippen molar-refractivity contribution in [1.29, 1.82) is 0 Å². The summed E-state index contributed by atoms with van der Waals surface area (Å²) in [6, 6.07) is 9.30. The molecule has 0 radical (unpaired) electrons. The number of aromatic nitrogens is 3. The fourth-order valence-electron chi connectivity index (χ4n) is 2.41. The molecule has 0 aliphatic carbocycles. The largest absolute Gasteiger partial charge is 0.438 e. The Bertz CT molecular complexity index is 919. The summed E-state index contributed by atoms with van der Waals surface area (Å²) in [5.74, 6) is 1.63. The van der Waals surface area contributed by atoms with Crippen molar-refractivity contribution >= 4 is 40.6 Å². The predicted molar refractivity (Wildman–Crippen MR) is 109 cm³/mol. The molecule has 0 spiro atoms. The molecule has 2 heterocycles. The standard InChI is InChI=1S/C19H17Cl3N4O/c1-2-16-17(22)18(26-11-25-16)23-8-7-12-3-5-14(6-4-12)27-19-15(21)9-13(20)10-24-19/h3-6,9-11H,2,7-8H2,1H3,(H,23,25,26). The van der Waals surface area contributed by atoms with Crippen molar-refractivity contribution in [3.63, 3.8) is 0 Å². The molecule has 0 atom stereocenters. The normalized spacial score (nSPS) is 10.7. The van der Waals surface area contributed by atoms with Gasteiger partial charge in [-0.1, -0.05) is 53.9 Å². The molecule has 140 valence electrons. The van der Waals surface area contributed by atoms with Crippen LogP contribution in [-0.2, 0) is 12.8 Å².